The normalized spacial score (nSPS) is 11.7. The number of ether oxygens (including phenoxy) is 1. The maximum Gasteiger partial charge on any atom is 0.261 e. The molecule has 1 N–H and O–H groups in total. The molecular formula is C28H29Cl2IN2O3. The molecule has 190 valence electrons. The van der Waals surface area contributed by atoms with E-state index in [-0.39, 0.29) is 30.9 Å². The van der Waals surface area contributed by atoms with Crippen LogP contribution in [0.3, 0.4) is 0 Å². The molecule has 8 heteroatoms. The van der Waals surface area contributed by atoms with Crippen LogP contribution in [0.25, 0.3) is 0 Å². The molecule has 5 nitrogen and oxygen atoms in total. The van der Waals surface area contributed by atoms with E-state index in [4.69, 9.17) is 27.9 Å². The Kier molecular flexibility index (Phi) is 10.9. The molecule has 0 aliphatic carbocycles. The van der Waals surface area contributed by atoms with Crippen LogP contribution >= 0.6 is 45.8 Å². The molecule has 36 heavy (non-hydrogen) atoms. The Morgan fingerprint density at radius 1 is 0.944 bits per heavy atom. The minimum atomic E-state index is -0.742. The van der Waals surface area contributed by atoms with Gasteiger partial charge in [-0.25, -0.2) is 0 Å². The van der Waals surface area contributed by atoms with Gasteiger partial charge in [-0.15, -0.1) is 0 Å². The van der Waals surface area contributed by atoms with Gasteiger partial charge < -0.3 is 15.0 Å². The first-order valence-corrected chi connectivity index (χ1v) is 13.5. The van der Waals surface area contributed by atoms with Gasteiger partial charge >= 0.3 is 0 Å². The monoisotopic (exact) mass is 638 g/mol. The van der Waals surface area contributed by atoms with Gasteiger partial charge in [0.2, 0.25) is 5.91 Å². The van der Waals surface area contributed by atoms with Gasteiger partial charge in [0.05, 0.1) is 10.0 Å². The molecule has 0 spiro atoms. The molecule has 3 aromatic carbocycles. The van der Waals surface area contributed by atoms with Crippen LogP contribution in [0.15, 0.2) is 72.8 Å². The molecule has 0 heterocycles. The Hall–Kier alpha value is -2.29. The number of nitrogens with one attached hydrogen (secondary N) is 1. The van der Waals surface area contributed by atoms with E-state index in [0.717, 1.165) is 14.7 Å². The zero-order chi connectivity index (χ0) is 26.1. The number of carbonyl (C=O) groups excluding carboxylic acids is 2. The molecule has 0 aromatic heterocycles. The standard InChI is InChI=1S/C28H29Cl2IN2O3/c1-19(2)16-32-28(35)26(15-20-6-4-3-5-7-20)33(17-21-8-13-24(29)25(30)14-21)27(34)18-36-23-11-9-22(31)10-12-23/h3-14,19,26H,15-18H2,1-2H3,(H,32,35)/t26-/m0/s1. The van der Waals surface area contributed by atoms with Gasteiger partial charge in [-0.05, 0) is 76.0 Å². The fraction of sp³-hybridized carbons (Fsp3) is 0.286. The fourth-order valence-corrected chi connectivity index (χ4v) is 4.25. The summed E-state index contributed by atoms with van der Waals surface area (Å²) in [5.74, 6) is 0.340. The van der Waals surface area contributed by atoms with Crippen molar-refractivity contribution in [2.24, 2.45) is 5.92 Å². The molecule has 2 amide bonds. The molecule has 0 saturated carbocycles. The van der Waals surface area contributed by atoms with Crippen molar-refractivity contribution in [2.45, 2.75) is 32.9 Å². The minimum Gasteiger partial charge on any atom is -0.484 e. The number of halogens is 3. The van der Waals surface area contributed by atoms with Crippen LogP contribution in [0, 0.1) is 9.49 Å². The average molecular weight is 639 g/mol. The first kappa shape index (κ1) is 28.3. The molecular weight excluding hydrogens is 610 g/mol. The van der Waals surface area contributed by atoms with Crippen molar-refractivity contribution in [1.29, 1.82) is 0 Å². The zero-order valence-corrected chi connectivity index (χ0v) is 23.9. The smallest absolute Gasteiger partial charge is 0.261 e. The lowest BCUT2D eigenvalue weighted by atomic mass is 10.0. The molecule has 0 fully saturated rings. The maximum absolute atomic E-state index is 13.6. The van der Waals surface area contributed by atoms with Crippen LogP contribution in [-0.4, -0.2) is 35.9 Å². The van der Waals surface area contributed by atoms with Crippen LogP contribution in [0.2, 0.25) is 10.0 Å². The summed E-state index contributed by atoms with van der Waals surface area (Å²) in [6, 6.07) is 21.6. The zero-order valence-electron chi connectivity index (χ0n) is 20.2. The van der Waals surface area contributed by atoms with Gasteiger partial charge in [0.25, 0.3) is 5.91 Å². The molecule has 0 unspecified atom stereocenters. The van der Waals surface area contributed by atoms with Crippen molar-refractivity contribution in [3.05, 3.63) is 97.5 Å². The van der Waals surface area contributed by atoms with Gasteiger partial charge in [-0.2, -0.15) is 0 Å². The molecule has 0 aliphatic rings. The highest BCUT2D eigenvalue weighted by Gasteiger charge is 2.31. The number of nitrogens with zero attached hydrogens (tertiary/aromatic N) is 1. The number of carbonyl (C=O) groups is 2. The highest BCUT2D eigenvalue weighted by molar-refractivity contribution is 14.1. The van der Waals surface area contributed by atoms with E-state index < -0.39 is 6.04 Å². The molecule has 3 aromatic rings. The van der Waals surface area contributed by atoms with Crippen molar-refractivity contribution in [3.8, 4) is 5.75 Å². The van der Waals surface area contributed by atoms with Crippen LogP contribution in [0.1, 0.15) is 25.0 Å². The third-order valence-corrected chi connectivity index (χ3v) is 6.93. The van der Waals surface area contributed by atoms with Gasteiger partial charge in [0, 0.05) is 23.1 Å². The van der Waals surface area contributed by atoms with E-state index in [0.29, 0.717) is 28.8 Å². The summed E-state index contributed by atoms with van der Waals surface area (Å²) in [4.78, 5) is 28.6. The van der Waals surface area contributed by atoms with Crippen LogP contribution < -0.4 is 10.1 Å². The second-order valence-corrected chi connectivity index (χ2v) is 10.9. The number of amides is 2. The van der Waals surface area contributed by atoms with Crippen LogP contribution in [0.5, 0.6) is 5.75 Å². The molecule has 0 saturated heterocycles. The second kappa shape index (κ2) is 13.9. The topological polar surface area (TPSA) is 58.6 Å². The van der Waals surface area contributed by atoms with E-state index in [9.17, 15) is 9.59 Å². The first-order chi connectivity index (χ1) is 17.2. The highest BCUT2D eigenvalue weighted by atomic mass is 127. The van der Waals surface area contributed by atoms with E-state index in [1.54, 1.807) is 23.1 Å². The number of hydrogen-bond acceptors (Lipinski definition) is 3. The summed E-state index contributed by atoms with van der Waals surface area (Å²) in [6.07, 6.45) is 0.362. The summed E-state index contributed by atoms with van der Waals surface area (Å²) >= 11 is 14.6. The van der Waals surface area contributed by atoms with E-state index in [1.165, 1.54) is 0 Å². The largest absolute Gasteiger partial charge is 0.484 e. The van der Waals surface area contributed by atoms with Crippen molar-refractivity contribution in [1.82, 2.24) is 10.2 Å². The van der Waals surface area contributed by atoms with Crippen LogP contribution in [-0.2, 0) is 22.6 Å². The average Bonchev–Trinajstić information content (AvgIpc) is 2.86. The van der Waals surface area contributed by atoms with Crippen molar-refractivity contribution < 1.29 is 14.3 Å². The summed E-state index contributed by atoms with van der Waals surface area (Å²) in [7, 11) is 0. The van der Waals surface area contributed by atoms with Crippen molar-refractivity contribution >= 4 is 57.6 Å². The molecule has 0 bridgehead atoms. The van der Waals surface area contributed by atoms with Gasteiger partial charge in [-0.1, -0.05) is 73.4 Å². The maximum atomic E-state index is 13.6. The number of hydrogen-bond donors (Lipinski definition) is 1. The molecule has 0 radical (unpaired) electrons. The lowest BCUT2D eigenvalue weighted by molar-refractivity contribution is -0.142. The SMILES string of the molecule is CC(C)CNC(=O)[C@H](Cc1ccccc1)N(Cc1ccc(Cl)c(Cl)c1)C(=O)COc1ccc(I)cc1. The Labute approximate surface area is 236 Å². The lowest BCUT2D eigenvalue weighted by Gasteiger charge is -2.31. The third-order valence-electron chi connectivity index (χ3n) is 5.47. The van der Waals surface area contributed by atoms with Crippen molar-refractivity contribution in [3.63, 3.8) is 0 Å². The highest BCUT2D eigenvalue weighted by Crippen LogP contribution is 2.24. The Bertz CT molecular complexity index is 1160. The summed E-state index contributed by atoms with van der Waals surface area (Å²) in [5.41, 5.74) is 1.72. The van der Waals surface area contributed by atoms with E-state index >= 15 is 0 Å². The van der Waals surface area contributed by atoms with Gasteiger partial charge in [0.15, 0.2) is 6.61 Å². The van der Waals surface area contributed by atoms with Crippen LogP contribution in [0.4, 0.5) is 0 Å². The first-order valence-electron chi connectivity index (χ1n) is 11.7. The Morgan fingerprint density at radius 2 is 1.64 bits per heavy atom. The second-order valence-electron chi connectivity index (χ2n) is 8.86. The number of rotatable bonds is 11. The predicted octanol–water partition coefficient (Wildman–Crippen LogP) is 6.39. The summed E-state index contributed by atoms with van der Waals surface area (Å²) < 4.78 is 6.86. The predicted molar refractivity (Wildman–Crippen MR) is 153 cm³/mol. The summed E-state index contributed by atoms with van der Waals surface area (Å²) in [5, 5.41) is 3.82. The minimum absolute atomic E-state index is 0.179. The molecule has 0 aliphatic heterocycles. The fourth-order valence-electron chi connectivity index (χ4n) is 3.57. The molecule has 3 rings (SSSR count). The Morgan fingerprint density at radius 3 is 2.28 bits per heavy atom. The Balaban J connectivity index is 1.91. The third kappa shape index (κ3) is 8.68. The number of benzene rings is 3. The van der Waals surface area contributed by atoms with Gasteiger partial charge in [0.1, 0.15) is 11.8 Å². The quantitative estimate of drug-likeness (QED) is 0.248. The van der Waals surface area contributed by atoms with Gasteiger partial charge in [-0.3, -0.25) is 9.59 Å². The lowest BCUT2D eigenvalue weighted by Crippen LogP contribution is -2.52. The summed E-state index contributed by atoms with van der Waals surface area (Å²) in [6.45, 7) is 4.54. The van der Waals surface area contributed by atoms with E-state index in [1.807, 2.05) is 68.4 Å². The molecule has 1 atom stereocenters. The van der Waals surface area contributed by atoms with E-state index in [2.05, 4.69) is 27.9 Å². The van der Waals surface area contributed by atoms with Crippen molar-refractivity contribution in [2.75, 3.05) is 13.2 Å².